The molecule has 3 heterocycles. The van der Waals surface area contributed by atoms with Gasteiger partial charge in [0.05, 0.1) is 17.9 Å². The Morgan fingerprint density at radius 1 is 1.36 bits per heavy atom. The number of esters is 1. The molecule has 0 amide bonds. The summed E-state index contributed by atoms with van der Waals surface area (Å²) in [5.74, 6) is -0.334. The van der Waals surface area contributed by atoms with Gasteiger partial charge in [0.2, 0.25) is 0 Å². The lowest BCUT2D eigenvalue weighted by Gasteiger charge is -2.07. The summed E-state index contributed by atoms with van der Waals surface area (Å²) in [6, 6.07) is 9.52. The Morgan fingerprint density at radius 3 is 2.91 bits per heavy atom. The van der Waals surface area contributed by atoms with Gasteiger partial charge in [0.25, 0.3) is 0 Å². The average Bonchev–Trinajstić information content (AvgIpc) is 2.94. The van der Waals surface area contributed by atoms with Crippen LogP contribution in [-0.4, -0.2) is 22.0 Å². The summed E-state index contributed by atoms with van der Waals surface area (Å²) in [7, 11) is 0. The molecule has 0 aliphatic carbocycles. The van der Waals surface area contributed by atoms with E-state index in [1.165, 1.54) is 0 Å². The molecule has 3 aromatic rings. The van der Waals surface area contributed by atoms with Crippen LogP contribution in [0.4, 0.5) is 0 Å². The molecule has 5 nitrogen and oxygen atoms in total. The highest BCUT2D eigenvalue weighted by Crippen LogP contribution is 2.28. The van der Waals surface area contributed by atoms with Crippen LogP contribution < -0.4 is 5.73 Å². The van der Waals surface area contributed by atoms with Gasteiger partial charge < -0.3 is 14.9 Å². The zero-order chi connectivity index (χ0) is 15.5. The van der Waals surface area contributed by atoms with E-state index in [0.717, 1.165) is 22.3 Å². The summed E-state index contributed by atoms with van der Waals surface area (Å²) in [6.45, 7) is 2.59. The van der Waals surface area contributed by atoms with E-state index in [2.05, 4.69) is 4.98 Å². The molecule has 0 aliphatic heterocycles. The van der Waals surface area contributed by atoms with Gasteiger partial charge in [-0.1, -0.05) is 0 Å². The van der Waals surface area contributed by atoms with Gasteiger partial charge in [-0.3, -0.25) is 4.98 Å². The minimum Gasteiger partial charge on any atom is -0.462 e. The molecule has 0 unspecified atom stereocenters. The average molecular weight is 295 g/mol. The molecule has 0 saturated carbocycles. The van der Waals surface area contributed by atoms with E-state index in [1.807, 2.05) is 40.9 Å². The van der Waals surface area contributed by atoms with Gasteiger partial charge in [0.15, 0.2) is 0 Å². The van der Waals surface area contributed by atoms with Crippen molar-refractivity contribution in [2.75, 3.05) is 6.61 Å². The molecule has 3 rings (SSSR count). The highest BCUT2D eigenvalue weighted by molar-refractivity contribution is 5.99. The second-order valence-corrected chi connectivity index (χ2v) is 4.90. The van der Waals surface area contributed by atoms with Gasteiger partial charge in [-0.05, 0) is 42.8 Å². The molecule has 0 fully saturated rings. The van der Waals surface area contributed by atoms with Crippen LogP contribution in [0.3, 0.4) is 0 Å². The Labute approximate surface area is 128 Å². The molecule has 0 atom stereocenters. The van der Waals surface area contributed by atoms with Gasteiger partial charge in [-0.25, -0.2) is 4.79 Å². The van der Waals surface area contributed by atoms with E-state index < -0.39 is 0 Å². The fourth-order valence-electron chi connectivity index (χ4n) is 2.51. The van der Waals surface area contributed by atoms with Gasteiger partial charge in [-0.15, -0.1) is 0 Å². The normalized spacial score (nSPS) is 10.8. The van der Waals surface area contributed by atoms with Crippen molar-refractivity contribution >= 4 is 11.5 Å². The smallest absolute Gasteiger partial charge is 0.340 e. The fraction of sp³-hybridized carbons (Fsp3) is 0.176. The molecule has 0 aliphatic rings. The largest absolute Gasteiger partial charge is 0.462 e. The number of pyridine rings is 2. The molecule has 0 radical (unpaired) electrons. The molecule has 2 N–H and O–H groups in total. The van der Waals surface area contributed by atoms with Crippen LogP contribution in [0.5, 0.6) is 0 Å². The maximum Gasteiger partial charge on any atom is 0.340 e. The van der Waals surface area contributed by atoms with Crippen LogP contribution in [-0.2, 0) is 11.3 Å². The molecule has 0 spiro atoms. The minimum atomic E-state index is -0.334. The van der Waals surface area contributed by atoms with Gasteiger partial charge in [-0.2, -0.15) is 0 Å². The zero-order valence-electron chi connectivity index (χ0n) is 12.3. The van der Waals surface area contributed by atoms with Crippen molar-refractivity contribution in [3.63, 3.8) is 0 Å². The van der Waals surface area contributed by atoms with Gasteiger partial charge in [0, 0.05) is 36.2 Å². The number of carbonyl (C=O) groups is 1. The summed E-state index contributed by atoms with van der Waals surface area (Å²) < 4.78 is 7.14. The lowest BCUT2D eigenvalue weighted by molar-refractivity contribution is 0.0527. The number of hydrogen-bond donors (Lipinski definition) is 1. The second kappa shape index (κ2) is 5.99. The molecule has 3 aromatic heterocycles. The first-order valence-electron chi connectivity index (χ1n) is 7.16. The Bertz CT molecular complexity index is 809. The third-order valence-electron chi connectivity index (χ3n) is 3.50. The van der Waals surface area contributed by atoms with Crippen LogP contribution in [0.2, 0.25) is 0 Å². The number of carbonyl (C=O) groups excluding carboxylic acids is 1. The molecule has 5 heteroatoms. The Hall–Kier alpha value is -2.66. The predicted octanol–water partition coefficient (Wildman–Crippen LogP) is 2.64. The van der Waals surface area contributed by atoms with Crippen molar-refractivity contribution in [3.05, 3.63) is 60.0 Å². The van der Waals surface area contributed by atoms with Crippen LogP contribution in [0, 0.1) is 0 Å². The number of rotatable bonds is 4. The van der Waals surface area contributed by atoms with Crippen molar-refractivity contribution < 1.29 is 9.53 Å². The highest BCUT2D eigenvalue weighted by atomic mass is 16.5. The molecule has 0 saturated heterocycles. The summed E-state index contributed by atoms with van der Waals surface area (Å²) in [4.78, 5) is 16.4. The van der Waals surface area contributed by atoms with Crippen molar-refractivity contribution in [2.45, 2.75) is 13.5 Å². The monoisotopic (exact) mass is 295 g/mol. The summed E-state index contributed by atoms with van der Waals surface area (Å²) in [5, 5.41) is 0. The summed E-state index contributed by atoms with van der Waals surface area (Å²) >= 11 is 0. The third-order valence-corrected chi connectivity index (χ3v) is 3.50. The maximum absolute atomic E-state index is 12.3. The standard InChI is InChI=1S/C17H17N3O2/c1-2-22-17(21)15-9-14-8-12(10-18)5-7-20(14)16(15)13-4-3-6-19-11-13/h3-9,11H,2,10,18H2,1H3. The van der Waals surface area contributed by atoms with E-state index in [-0.39, 0.29) is 5.97 Å². The number of nitrogens with zero attached hydrogens (tertiary/aromatic N) is 2. The number of aromatic nitrogens is 2. The number of nitrogens with two attached hydrogens (primary N) is 1. The van der Waals surface area contributed by atoms with E-state index in [1.54, 1.807) is 19.3 Å². The number of hydrogen-bond acceptors (Lipinski definition) is 4. The maximum atomic E-state index is 12.3. The molecular weight excluding hydrogens is 278 g/mol. The first kappa shape index (κ1) is 14.3. The van der Waals surface area contributed by atoms with Crippen LogP contribution >= 0.6 is 0 Å². The molecule has 0 aromatic carbocycles. The molecule has 0 bridgehead atoms. The first-order valence-corrected chi connectivity index (χ1v) is 7.16. The Balaban J connectivity index is 2.26. The lowest BCUT2D eigenvalue weighted by Crippen LogP contribution is -2.05. The predicted molar refractivity (Wildman–Crippen MR) is 84.5 cm³/mol. The minimum absolute atomic E-state index is 0.334. The van der Waals surface area contributed by atoms with Crippen LogP contribution in [0.25, 0.3) is 16.8 Å². The van der Waals surface area contributed by atoms with Gasteiger partial charge in [0.1, 0.15) is 0 Å². The van der Waals surface area contributed by atoms with Crippen molar-refractivity contribution in [1.29, 1.82) is 0 Å². The first-order chi connectivity index (χ1) is 10.7. The highest BCUT2D eigenvalue weighted by Gasteiger charge is 2.19. The third kappa shape index (κ3) is 2.46. The number of ether oxygens (including phenoxy) is 1. The lowest BCUT2D eigenvalue weighted by atomic mass is 10.1. The van der Waals surface area contributed by atoms with Crippen molar-refractivity contribution in [1.82, 2.24) is 9.38 Å². The second-order valence-electron chi connectivity index (χ2n) is 4.90. The Kier molecular flexibility index (Phi) is 3.89. The van der Waals surface area contributed by atoms with E-state index >= 15 is 0 Å². The van der Waals surface area contributed by atoms with E-state index in [4.69, 9.17) is 10.5 Å². The SMILES string of the molecule is CCOC(=O)c1cc2cc(CN)ccn2c1-c1cccnc1. The van der Waals surface area contributed by atoms with E-state index in [0.29, 0.717) is 18.7 Å². The molecule has 112 valence electrons. The van der Waals surface area contributed by atoms with Crippen molar-refractivity contribution in [3.8, 4) is 11.3 Å². The zero-order valence-corrected chi connectivity index (χ0v) is 12.3. The van der Waals surface area contributed by atoms with Crippen molar-refractivity contribution in [2.24, 2.45) is 5.73 Å². The summed E-state index contributed by atoms with van der Waals surface area (Å²) in [6.07, 6.45) is 5.36. The quantitative estimate of drug-likeness (QED) is 0.751. The summed E-state index contributed by atoms with van der Waals surface area (Å²) in [5.41, 5.74) is 9.79. The van der Waals surface area contributed by atoms with Gasteiger partial charge >= 0.3 is 5.97 Å². The van der Waals surface area contributed by atoms with Crippen LogP contribution in [0.15, 0.2) is 48.9 Å². The number of fused-ring (bicyclic) bond motifs is 1. The topological polar surface area (TPSA) is 69.6 Å². The molecule has 22 heavy (non-hydrogen) atoms. The molecular formula is C17H17N3O2. The Morgan fingerprint density at radius 2 is 2.23 bits per heavy atom. The van der Waals surface area contributed by atoms with E-state index in [9.17, 15) is 4.79 Å². The fourth-order valence-corrected chi connectivity index (χ4v) is 2.51. The van der Waals surface area contributed by atoms with Crippen LogP contribution in [0.1, 0.15) is 22.8 Å².